The van der Waals surface area contributed by atoms with Crippen LogP contribution in [-0.4, -0.2) is 57.5 Å². The quantitative estimate of drug-likeness (QED) is 0.592. The molecule has 0 aliphatic carbocycles. The van der Waals surface area contributed by atoms with Crippen molar-refractivity contribution in [3.8, 4) is 0 Å². The Bertz CT molecular complexity index is 548. The van der Waals surface area contributed by atoms with Crippen LogP contribution in [0, 0.1) is 12.8 Å². The molecule has 1 aromatic heterocycles. The number of aliphatic hydroxyl groups excluding tert-OH is 1. The molecule has 0 spiro atoms. The Morgan fingerprint density at radius 2 is 2.23 bits per heavy atom. The van der Waals surface area contributed by atoms with E-state index in [0.717, 1.165) is 11.4 Å². The molecule has 1 N–H and O–H groups in total. The van der Waals surface area contributed by atoms with Gasteiger partial charge < -0.3 is 14.7 Å². The topological polar surface area (TPSA) is 84.7 Å². The van der Waals surface area contributed by atoms with Crippen molar-refractivity contribution < 1.29 is 19.4 Å². The summed E-state index contributed by atoms with van der Waals surface area (Å²) in [6.07, 6.45) is 0.631. The number of carbonyl (C=O) groups is 2. The molecule has 2 heterocycles. The fraction of sp³-hybridized carbons (Fsp3) is 0.667. The summed E-state index contributed by atoms with van der Waals surface area (Å²) < 4.78 is 6.42. The average Bonchev–Trinajstić information content (AvgIpc) is 2.78. The highest BCUT2D eigenvalue weighted by Crippen LogP contribution is 2.32. The summed E-state index contributed by atoms with van der Waals surface area (Å²) >= 11 is 0. The number of hydrogen-bond acceptors (Lipinski definition) is 5. The van der Waals surface area contributed by atoms with Crippen LogP contribution in [0.25, 0.3) is 0 Å². The Labute approximate surface area is 129 Å². The maximum atomic E-state index is 12.1. The summed E-state index contributed by atoms with van der Waals surface area (Å²) in [5, 5.41) is 14.2. The number of hydrogen-bond donors (Lipinski definition) is 1. The van der Waals surface area contributed by atoms with E-state index in [9.17, 15) is 14.7 Å². The van der Waals surface area contributed by atoms with Crippen LogP contribution < -0.4 is 0 Å². The number of carbonyl (C=O) groups excluding carboxylic acids is 2. The van der Waals surface area contributed by atoms with Crippen molar-refractivity contribution in [2.24, 2.45) is 13.0 Å². The zero-order valence-corrected chi connectivity index (χ0v) is 13.4. The molecule has 2 rings (SSSR count). The molecule has 122 valence electrons. The van der Waals surface area contributed by atoms with Crippen LogP contribution in [0.2, 0.25) is 0 Å². The van der Waals surface area contributed by atoms with Crippen molar-refractivity contribution in [2.45, 2.75) is 38.8 Å². The number of rotatable bonds is 6. The van der Waals surface area contributed by atoms with Crippen molar-refractivity contribution in [3.63, 3.8) is 0 Å². The van der Waals surface area contributed by atoms with Crippen LogP contribution in [0.15, 0.2) is 6.07 Å². The van der Waals surface area contributed by atoms with E-state index in [1.165, 1.54) is 12.0 Å². The van der Waals surface area contributed by atoms with Gasteiger partial charge in [-0.15, -0.1) is 0 Å². The van der Waals surface area contributed by atoms with E-state index in [1.807, 2.05) is 20.0 Å². The third-order valence-corrected chi connectivity index (χ3v) is 4.29. The standard InChI is InChI=1S/C15H23N3O4/c1-9-7-11(16-17(9)3)5-6-12-14(10(2)19)15(21)18(12)8-13(20)22-4/h7,10,12,14,19H,5-6,8H2,1-4H3/t10-,12-,14-/m1/s1. The number of methoxy groups -OCH3 is 1. The molecular formula is C15H23N3O4. The molecule has 0 bridgehead atoms. The van der Waals surface area contributed by atoms with E-state index in [-0.39, 0.29) is 18.5 Å². The fourth-order valence-electron chi connectivity index (χ4n) is 2.95. The summed E-state index contributed by atoms with van der Waals surface area (Å²) in [4.78, 5) is 25.0. The third kappa shape index (κ3) is 3.14. The lowest BCUT2D eigenvalue weighted by Gasteiger charge is -2.48. The van der Waals surface area contributed by atoms with E-state index in [1.54, 1.807) is 11.6 Å². The van der Waals surface area contributed by atoms with Crippen molar-refractivity contribution >= 4 is 11.9 Å². The number of aromatic nitrogens is 2. The molecule has 1 aliphatic rings. The lowest BCUT2D eigenvalue weighted by molar-refractivity contribution is -0.170. The summed E-state index contributed by atoms with van der Waals surface area (Å²) in [5.74, 6) is -1.09. The first-order chi connectivity index (χ1) is 10.3. The maximum Gasteiger partial charge on any atom is 0.325 e. The van der Waals surface area contributed by atoms with E-state index in [4.69, 9.17) is 0 Å². The minimum Gasteiger partial charge on any atom is -0.468 e. The average molecular weight is 309 g/mol. The molecule has 1 saturated heterocycles. The third-order valence-electron chi connectivity index (χ3n) is 4.29. The number of β-lactam (4-membered cyclic amide) rings is 1. The second-order valence-electron chi connectivity index (χ2n) is 5.82. The van der Waals surface area contributed by atoms with Gasteiger partial charge in [0.05, 0.1) is 24.8 Å². The number of nitrogens with zero attached hydrogens (tertiary/aromatic N) is 3. The Morgan fingerprint density at radius 1 is 1.55 bits per heavy atom. The van der Waals surface area contributed by atoms with Gasteiger partial charge in [0.1, 0.15) is 6.54 Å². The first kappa shape index (κ1) is 16.5. The molecule has 7 nitrogen and oxygen atoms in total. The number of ether oxygens (including phenoxy) is 1. The molecule has 0 saturated carbocycles. The highest BCUT2D eigenvalue weighted by Gasteiger charge is 2.49. The Kier molecular flexibility index (Phi) is 4.85. The van der Waals surface area contributed by atoms with E-state index >= 15 is 0 Å². The number of aliphatic hydroxyl groups is 1. The molecule has 0 unspecified atom stereocenters. The SMILES string of the molecule is COC(=O)CN1C(=O)[C@H]([C@@H](C)O)[C@H]1CCc1cc(C)n(C)n1. The molecule has 22 heavy (non-hydrogen) atoms. The van der Waals surface area contributed by atoms with Crippen molar-refractivity contribution in [2.75, 3.05) is 13.7 Å². The van der Waals surface area contributed by atoms with Gasteiger partial charge in [-0.05, 0) is 32.8 Å². The number of esters is 1. The first-order valence-electron chi connectivity index (χ1n) is 7.40. The van der Waals surface area contributed by atoms with Crippen LogP contribution in [0.5, 0.6) is 0 Å². The second-order valence-corrected chi connectivity index (χ2v) is 5.82. The molecular weight excluding hydrogens is 286 g/mol. The zero-order valence-electron chi connectivity index (χ0n) is 13.4. The second kappa shape index (κ2) is 6.48. The molecule has 1 amide bonds. The largest absolute Gasteiger partial charge is 0.468 e. The normalized spacial score (nSPS) is 22.4. The highest BCUT2D eigenvalue weighted by atomic mass is 16.5. The van der Waals surface area contributed by atoms with Crippen LogP contribution in [0.4, 0.5) is 0 Å². The zero-order chi connectivity index (χ0) is 16.4. The number of likely N-dealkylation sites (tertiary alicyclic amines) is 1. The lowest BCUT2D eigenvalue weighted by atomic mass is 9.80. The highest BCUT2D eigenvalue weighted by molar-refractivity contribution is 5.90. The monoisotopic (exact) mass is 309 g/mol. The van der Waals surface area contributed by atoms with Gasteiger partial charge in [0, 0.05) is 18.8 Å². The Morgan fingerprint density at radius 3 is 2.73 bits per heavy atom. The number of amides is 1. The summed E-state index contributed by atoms with van der Waals surface area (Å²) in [7, 11) is 3.18. The predicted molar refractivity (Wildman–Crippen MR) is 79.0 cm³/mol. The van der Waals surface area contributed by atoms with Gasteiger partial charge in [-0.3, -0.25) is 14.3 Å². The van der Waals surface area contributed by atoms with Crippen LogP contribution >= 0.6 is 0 Å². The van der Waals surface area contributed by atoms with Gasteiger partial charge >= 0.3 is 5.97 Å². The summed E-state index contributed by atoms with van der Waals surface area (Å²) in [6, 6.07) is 1.84. The van der Waals surface area contributed by atoms with Gasteiger partial charge in [-0.1, -0.05) is 0 Å². The van der Waals surface area contributed by atoms with Gasteiger partial charge in [0.2, 0.25) is 5.91 Å². The van der Waals surface area contributed by atoms with Crippen LogP contribution in [0.3, 0.4) is 0 Å². The van der Waals surface area contributed by atoms with Gasteiger partial charge in [-0.25, -0.2) is 0 Å². The van der Waals surface area contributed by atoms with Crippen molar-refractivity contribution in [3.05, 3.63) is 17.5 Å². The van der Waals surface area contributed by atoms with Crippen LogP contribution in [-0.2, 0) is 27.8 Å². The molecule has 1 aliphatic heterocycles. The minimum atomic E-state index is -0.725. The molecule has 1 aromatic rings. The van der Waals surface area contributed by atoms with E-state index in [2.05, 4.69) is 9.84 Å². The lowest BCUT2D eigenvalue weighted by Crippen LogP contribution is -2.65. The summed E-state index contributed by atoms with van der Waals surface area (Å²) in [5.41, 5.74) is 2.01. The molecule has 3 atom stereocenters. The number of aryl methyl sites for hydroxylation is 3. The van der Waals surface area contributed by atoms with E-state index in [0.29, 0.717) is 12.8 Å². The molecule has 7 heteroatoms. The van der Waals surface area contributed by atoms with Gasteiger partial charge in [-0.2, -0.15) is 5.10 Å². The molecule has 0 aromatic carbocycles. The van der Waals surface area contributed by atoms with Crippen molar-refractivity contribution in [1.82, 2.24) is 14.7 Å². The maximum absolute atomic E-state index is 12.1. The van der Waals surface area contributed by atoms with Gasteiger partial charge in [0.15, 0.2) is 0 Å². The Balaban J connectivity index is 2.03. The van der Waals surface area contributed by atoms with Crippen molar-refractivity contribution in [1.29, 1.82) is 0 Å². The molecule has 1 fully saturated rings. The predicted octanol–water partition coefficient (Wildman–Crippen LogP) is 0.0419. The first-order valence-corrected chi connectivity index (χ1v) is 7.40. The fourth-order valence-corrected chi connectivity index (χ4v) is 2.95. The minimum absolute atomic E-state index is 0.0650. The van der Waals surface area contributed by atoms with Gasteiger partial charge in [0.25, 0.3) is 0 Å². The summed E-state index contributed by atoms with van der Waals surface area (Å²) in [6.45, 7) is 3.52. The Hall–Kier alpha value is -1.89. The smallest absolute Gasteiger partial charge is 0.325 e. The van der Waals surface area contributed by atoms with E-state index < -0.39 is 18.0 Å². The van der Waals surface area contributed by atoms with Crippen LogP contribution in [0.1, 0.15) is 24.7 Å². The molecule has 0 radical (unpaired) electrons.